The molecule has 0 spiro atoms. The van der Waals surface area contributed by atoms with E-state index in [0.717, 1.165) is 26.8 Å². The minimum atomic E-state index is -1.47. The third-order valence-electron chi connectivity index (χ3n) is 2.96. The van der Waals surface area contributed by atoms with Gasteiger partial charge in [0.15, 0.2) is 18.3 Å². The molecular formula is C16H18O9. The van der Waals surface area contributed by atoms with E-state index in [-0.39, 0.29) is 0 Å². The maximum Gasteiger partial charge on any atom is 0.330 e. The summed E-state index contributed by atoms with van der Waals surface area (Å²) in [7, 11) is 0. The molecule has 0 aromatic carbocycles. The zero-order valence-electron chi connectivity index (χ0n) is 13.9. The number of ether oxygens (including phenoxy) is 5. The molecule has 0 radical (unpaired) electrons. The van der Waals surface area contributed by atoms with Crippen molar-refractivity contribution in [3.63, 3.8) is 0 Å². The van der Waals surface area contributed by atoms with Gasteiger partial charge in [-0.05, 0) is 0 Å². The number of terminal acetylenes is 1. The number of carbonyl (C=O) groups excluding carboxylic acids is 4. The van der Waals surface area contributed by atoms with Crippen LogP contribution in [0.1, 0.15) is 20.8 Å². The van der Waals surface area contributed by atoms with Gasteiger partial charge in [-0.2, -0.15) is 0 Å². The van der Waals surface area contributed by atoms with Crippen LogP contribution in [0.4, 0.5) is 0 Å². The van der Waals surface area contributed by atoms with Crippen LogP contribution in [-0.2, 0) is 42.9 Å². The molecule has 0 aromatic rings. The lowest BCUT2D eigenvalue weighted by molar-refractivity contribution is -0.285. The Labute approximate surface area is 144 Å². The Morgan fingerprint density at radius 2 is 1.44 bits per heavy atom. The maximum atomic E-state index is 11.6. The fraction of sp³-hybridized carbons (Fsp3) is 0.500. The smallest absolute Gasteiger partial charge is 0.330 e. The van der Waals surface area contributed by atoms with Gasteiger partial charge in [-0.15, -0.1) is 6.42 Å². The number of hydrogen-bond donors (Lipinski definition) is 0. The van der Waals surface area contributed by atoms with E-state index in [1.54, 1.807) is 0 Å². The fourth-order valence-corrected chi connectivity index (χ4v) is 2.16. The van der Waals surface area contributed by atoms with Crippen molar-refractivity contribution in [1.82, 2.24) is 0 Å². The van der Waals surface area contributed by atoms with Gasteiger partial charge in [0.05, 0.1) is 0 Å². The van der Waals surface area contributed by atoms with E-state index in [0.29, 0.717) is 0 Å². The van der Waals surface area contributed by atoms with E-state index < -0.39 is 54.6 Å². The van der Waals surface area contributed by atoms with Gasteiger partial charge in [0, 0.05) is 26.8 Å². The summed E-state index contributed by atoms with van der Waals surface area (Å²) in [5.74, 6) is -0.939. The fourth-order valence-electron chi connectivity index (χ4n) is 2.16. The second-order valence-electron chi connectivity index (χ2n) is 4.95. The van der Waals surface area contributed by atoms with E-state index in [1.807, 2.05) is 0 Å². The molecule has 0 saturated carbocycles. The van der Waals surface area contributed by atoms with Crippen molar-refractivity contribution in [1.29, 1.82) is 0 Å². The van der Waals surface area contributed by atoms with E-state index in [2.05, 4.69) is 12.5 Å². The minimum absolute atomic E-state index is 0.731. The first-order valence-corrected chi connectivity index (χ1v) is 7.15. The summed E-state index contributed by atoms with van der Waals surface area (Å²) in [6.07, 6.45) is -0.535. The number of carbonyl (C=O) groups is 4. The van der Waals surface area contributed by atoms with E-state index >= 15 is 0 Å². The molecule has 9 nitrogen and oxygen atoms in total. The van der Waals surface area contributed by atoms with Crippen LogP contribution >= 0.6 is 0 Å². The molecule has 1 aliphatic heterocycles. The summed E-state index contributed by atoms with van der Waals surface area (Å²) in [5.41, 5.74) is 0. The average molecular weight is 354 g/mol. The molecule has 5 atom stereocenters. The zero-order chi connectivity index (χ0) is 19.1. The summed E-state index contributed by atoms with van der Waals surface area (Å²) in [5, 5.41) is 0. The van der Waals surface area contributed by atoms with Crippen LogP contribution in [0.3, 0.4) is 0 Å². The Morgan fingerprint density at radius 1 is 0.920 bits per heavy atom. The number of hydrogen-bond acceptors (Lipinski definition) is 9. The molecule has 1 heterocycles. The summed E-state index contributed by atoms with van der Waals surface area (Å²) in [6.45, 7) is 6.55. The molecule has 1 saturated heterocycles. The molecule has 0 N–H and O–H groups in total. The molecule has 1 rings (SSSR count). The predicted molar refractivity (Wildman–Crippen MR) is 80.4 cm³/mol. The van der Waals surface area contributed by atoms with E-state index in [9.17, 15) is 19.2 Å². The second kappa shape index (κ2) is 8.84. The Bertz CT molecular complexity index is 603. The third kappa shape index (κ3) is 5.61. The zero-order valence-corrected chi connectivity index (χ0v) is 13.9. The Kier molecular flexibility index (Phi) is 7.14. The monoisotopic (exact) mass is 354 g/mol. The molecule has 0 amide bonds. The normalized spacial score (nSPS) is 28.0. The van der Waals surface area contributed by atoms with Crippen LogP contribution in [0.15, 0.2) is 12.7 Å². The highest BCUT2D eigenvalue weighted by Gasteiger charge is 2.53. The highest BCUT2D eigenvalue weighted by Crippen LogP contribution is 2.29. The first-order valence-electron chi connectivity index (χ1n) is 7.15. The van der Waals surface area contributed by atoms with Crippen molar-refractivity contribution in [3.8, 4) is 12.3 Å². The number of rotatable bonds is 5. The van der Waals surface area contributed by atoms with Crippen molar-refractivity contribution in [2.24, 2.45) is 0 Å². The van der Waals surface area contributed by atoms with E-state index in [1.165, 1.54) is 0 Å². The van der Waals surface area contributed by atoms with E-state index in [4.69, 9.17) is 30.1 Å². The lowest BCUT2D eigenvalue weighted by atomic mass is 9.98. The van der Waals surface area contributed by atoms with Crippen molar-refractivity contribution >= 4 is 23.9 Å². The van der Waals surface area contributed by atoms with Gasteiger partial charge in [0.25, 0.3) is 0 Å². The Morgan fingerprint density at radius 3 is 1.88 bits per heavy atom. The maximum absolute atomic E-state index is 11.6. The third-order valence-corrected chi connectivity index (χ3v) is 2.96. The SMILES string of the molecule is C#CC1O[C@@H](OC(C)=O)[C@@H](OC(=O)C=C)[C@H](OC(C)=O)[C@@H]1OC(C)=O. The lowest BCUT2D eigenvalue weighted by Crippen LogP contribution is -2.61. The van der Waals surface area contributed by atoms with Crippen LogP contribution in [0.25, 0.3) is 0 Å². The molecular weight excluding hydrogens is 336 g/mol. The van der Waals surface area contributed by atoms with Crippen LogP contribution in [0, 0.1) is 12.3 Å². The van der Waals surface area contributed by atoms with Crippen molar-refractivity contribution < 1.29 is 42.9 Å². The molecule has 136 valence electrons. The Hall–Kier alpha value is -2.86. The summed E-state index contributed by atoms with van der Waals surface area (Å²) >= 11 is 0. The van der Waals surface area contributed by atoms with Crippen molar-refractivity contribution in [3.05, 3.63) is 12.7 Å². The summed E-state index contributed by atoms with van der Waals surface area (Å²) in [4.78, 5) is 45.7. The topological polar surface area (TPSA) is 114 Å². The Balaban J connectivity index is 3.29. The minimum Gasteiger partial charge on any atom is -0.455 e. The van der Waals surface area contributed by atoms with Gasteiger partial charge >= 0.3 is 23.9 Å². The lowest BCUT2D eigenvalue weighted by Gasteiger charge is -2.42. The molecule has 1 aliphatic rings. The standard InChI is InChI=1S/C16H18O9/c1-6-11-13(21-8(3)17)14(22-9(4)18)15(25-12(20)7-2)16(24-11)23-10(5)19/h1,7,11,13-16H,2H2,3-5H3/t11?,13-,14-,15+,16-/m1/s1. The van der Waals surface area contributed by atoms with Crippen molar-refractivity contribution in [2.45, 2.75) is 51.5 Å². The molecule has 0 aliphatic carbocycles. The summed E-state index contributed by atoms with van der Waals surface area (Å²) < 4.78 is 25.6. The van der Waals surface area contributed by atoms with Crippen LogP contribution < -0.4 is 0 Å². The predicted octanol–water partition coefficient (Wildman–Crippen LogP) is -0.131. The first kappa shape index (κ1) is 20.2. The summed E-state index contributed by atoms with van der Waals surface area (Å²) in [6, 6.07) is 0. The van der Waals surface area contributed by atoms with Gasteiger partial charge in [0.1, 0.15) is 0 Å². The second-order valence-corrected chi connectivity index (χ2v) is 4.95. The molecule has 0 aromatic heterocycles. The van der Waals surface area contributed by atoms with Gasteiger partial charge in [-0.25, -0.2) is 4.79 Å². The molecule has 9 heteroatoms. The highest BCUT2D eigenvalue weighted by molar-refractivity contribution is 5.81. The van der Waals surface area contributed by atoms with Gasteiger partial charge in [-0.1, -0.05) is 12.5 Å². The van der Waals surface area contributed by atoms with Gasteiger partial charge < -0.3 is 23.7 Å². The molecule has 1 fully saturated rings. The quantitative estimate of drug-likeness (QED) is 0.288. The average Bonchev–Trinajstić information content (AvgIpc) is 2.50. The molecule has 1 unspecified atom stereocenters. The largest absolute Gasteiger partial charge is 0.455 e. The van der Waals surface area contributed by atoms with Crippen LogP contribution in [-0.4, -0.2) is 54.6 Å². The molecule has 0 bridgehead atoms. The van der Waals surface area contributed by atoms with Gasteiger partial charge in [-0.3, -0.25) is 14.4 Å². The van der Waals surface area contributed by atoms with Gasteiger partial charge in [0.2, 0.25) is 12.4 Å². The number of esters is 4. The van der Waals surface area contributed by atoms with Crippen LogP contribution in [0.5, 0.6) is 0 Å². The molecule has 25 heavy (non-hydrogen) atoms. The van der Waals surface area contributed by atoms with Crippen LogP contribution in [0.2, 0.25) is 0 Å². The highest BCUT2D eigenvalue weighted by atomic mass is 16.7. The van der Waals surface area contributed by atoms with Crippen molar-refractivity contribution in [2.75, 3.05) is 0 Å². The first-order chi connectivity index (χ1) is 11.7.